The fraction of sp³-hybridized carbons (Fsp3) is 0.286. The summed E-state index contributed by atoms with van der Waals surface area (Å²) in [5.41, 5.74) is 5.39. The average molecular weight is 124 g/mol. The fourth-order valence-corrected chi connectivity index (χ4v) is 0.402. The molecule has 0 radical (unpaired) electrons. The van der Waals surface area contributed by atoms with Crippen LogP contribution in [-0.4, -0.2) is 12.4 Å². The minimum absolute atomic E-state index is 0.553. The first-order chi connectivity index (χ1) is 4.31. The lowest BCUT2D eigenvalue weighted by Crippen LogP contribution is -2.07. The Morgan fingerprint density at radius 1 is 1.78 bits per heavy atom. The smallest absolute Gasteiger partial charge is 0.118 e. The molecule has 0 rings (SSSR count). The van der Waals surface area contributed by atoms with Gasteiger partial charge in [-0.3, -0.25) is 4.99 Å². The van der Waals surface area contributed by atoms with E-state index in [0.717, 1.165) is 6.54 Å². The summed E-state index contributed by atoms with van der Waals surface area (Å²) >= 11 is 0. The highest BCUT2D eigenvalue weighted by Gasteiger charge is 1.76. The van der Waals surface area contributed by atoms with E-state index in [-0.39, 0.29) is 0 Å². The Balaban J connectivity index is 3.74. The molecule has 0 aromatic carbocycles. The molecule has 0 aliphatic rings. The summed E-state index contributed by atoms with van der Waals surface area (Å²) < 4.78 is 0. The zero-order valence-corrected chi connectivity index (χ0v) is 5.67. The number of rotatable bonds is 3. The molecule has 9 heavy (non-hydrogen) atoms. The van der Waals surface area contributed by atoms with Gasteiger partial charge in [-0.1, -0.05) is 18.7 Å². The first-order valence-corrected chi connectivity index (χ1v) is 2.90. The molecule has 0 heterocycles. The predicted octanol–water partition coefficient (Wildman–Crippen LogP) is 1.11. The van der Waals surface area contributed by atoms with E-state index in [1.54, 1.807) is 18.2 Å². The fourth-order valence-electron chi connectivity index (χ4n) is 0.402. The molecule has 0 amide bonds. The van der Waals surface area contributed by atoms with E-state index in [0.29, 0.717) is 5.84 Å². The third-order valence-corrected chi connectivity index (χ3v) is 0.744. The van der Waals surface area contributed by atoms with Crippen molar-refractivity contribution in [3.8, 4) is 0 Å². The van der Waals surface area contributed by atoms with Gasteiger partial charge in [0.15, 0.2) is 0 Å². The second-order valence-electron chi connectivity index (χ2n) is 1.49. The van der Waals surface area contributed by atoms with E-state index >= 15 is 0 Å². The van der Waals surface area contributed by atoms with Gasteiger partial charge in [-0.15, -0.1) is 0 Å². The number of nitrogens with zero attached hydrogens (tertiary/aromatic N) is 1. The Kier molecular flexibility index (Phi) is 4.50. The molecule has 2 nitrogen and oxygen atoms in total. The van der Waals surface area contributed by atoms with Crippen molar-refractivity contribution in [2.45, 2.75) is 6.92 Å². The van der Waals surface area contributed by atoms with Crippen molar-refractivity contribution < 1.29 is 0 Å². The maximum Gasteiger partial charge on any atom is 0.118 e. The first kappa shape index (κ1) is 7.95. The van der Waals surface area contributed by atoms with Crippen LogP contribution in [0.2, 0.25) is 0 Å². The van der Waals surface area contributed by atoms with Crippen LogP contribution in [-0.2, 0) is 0 Å². The quantitative estimate of drug-likeness (QED) is 0.341. The maximum absolute atomic E-state index is 5.39. The lowest BCUT2D eigenvalue weighted by atomic mass is 10.4. The lowest BCUT2D eigenvalue weighted by Gasteiger charge is -1.86. The predicted molar refractivity (Wildman–Crippen MR) is 41.5 cm³/mol. The van der Waals surface area contributed by atoms with Crippen molar-refractivity contribution in [2.75, 3.05) is 6.54 Å². The van der Waals surface area contributed by atoms with Gasteiger partial charge in [0.1, 0.15) is 5.84 Å². The van der Waals surface area contributed by atoms with E-state index in [4.69, 9.17) is 5.73 Å². The normalized spacial score (nSPS) is 12.3. The van der Waals surface area contributed by atoms with Crippen LogP contribution in [0, 0.1) is 0 Å². The molecule has 0 saturated carbocycles. The highest BCUT2D eigenvalue weighted by atomic mass is 14.8. The summed E-state index contributed by atoms with van der Waals surface area (Å²) in [4.78, 5) is 3.92. The number of hydrogen-bond donors (Lipinski definition) is 1. The van der Waals surface area contributed by atoms with Gasteiger partial charge in [0.2, 0.25) is 0 Å². The van der Waals surface area contributed by atoms with Crippen molar-refractivity contribution in [2.24, 2.45) is 10.7 Å². The number of nitrogens with two attached hydrogens (primary N) is 1. The maximum atomic E-state index is 5.39. The number of aliphatic imine (C=N–C) groups is 1. The molecular formula is C7H12N2. The van der Waals surface area contributed by atoms with Gasteiger partial charge in [-0.25, -0.2) is 0 Å². The van der Waals surface area contributed by atoms with Crippen molar-refractivity contribution >= 4 is 5.84 Å². The van der Waals surface area contributed by atoms with E-state index in [1.165, 1.54) is 0 Å². The zero-order valence-electron chi connectivity index (χ0n) is 5.67. The molecular weight excluding hydrogens is 112 g/mol. The molecule has 0 aromatic heterocycles. The van der Waals surface area contributed by atoms with Crippen LogP contribution in [0.4, 0.5) is 0 Å². The van der Waals surface area contributed by atoms with Gasteiger partial charge in [0.25, 0.3) is 0 Å². The Morgan fingerprint density at radius 3 is 2.89 bits per heavy atom. The van der Waals surface area contributed by atoms with Gasteiger partial charge < -0.3 is 5.73 Å². The molecule has 0 fully saturated rings. The Bertz CT molecular complexity index is 134. The Morgan fingerprint density at radius 2 is 2.44 bits per heavy atom. The Hall–Kier alpha value is -1.05. The van der Waals surface area contributed by atoms with E-state index in [9.17, 15) is 0 Å². The second kappa shape index (κ2) is 5.09. The van der Waals surface area contributed by atoms with Crippen LogP contribution in [0.5, 0.6) is 0 Å². The van der Waals surface area contributed by atoms with Crippen molar-refractivity contribution in [3.05, 3.63) is 24.8 Å². The van der Waals surface area contributed by atoms with E-state index < -0.39 is 0 Å². The van der Waals surface area contributed by atoms with Crippen LogP contribution < -0.4 is 5.73 Å². The standard InChI is InChI=1S/C7H12N2/c1-3-5-6-7(8)9-4-2/h3,5-6H,1,4H2,2H3,(H2,8,9)/b6-5-. The van der Waals surface area contributed by atoms with Gasteiger partial charge in [-0.05, 0) is 13.0 Å². The first-order valence-electron chi connectivity index (χ1n) is 2.90. The SMILES string of the molecule is C=C/C=C\C(N)=NCC. The molecule has 0 aromatic rings. The van der Waals surface area contributed by atoms with Crippen molar-refractivity contribution in [1.82, 2.24) is 0 Å². The van der Waals surface area contributed by atoms with Gasteiger partial charge >= 0.3 is 0 Å². The van der Waals surface area contributed by atoms with Crippen LogP contribution in [0.1, 0.15) is 6.92 Å². The Labute approximate surface area is 55.8 Å². The monoisotopic (exact) mass is 124 g/mol. The molecule has 0 spiro atoms. The highest BCUT2D eigenvalue weighted by Crippen LogP contribution is 1.75. The number of allylic oxidation sites excluding steroid dienone is 2. The summed E-state index contributed by atoms with van der Waals surface area (Å²) in [5, 5.41) is 0. The molecule has 2 N–H and O–H groups in total. The van der Waals surface area contributed by atoms with E-state index in [2.05, 4.69) is 11.6 Å². The summed E-state index contributed by atoms with van der Waals surface area (Å²) in [6.45, 7) is 6.16. The van der Waals surface area contributed by atoms with E-state index in [1.807, 2.05) is 6.92 Å². The van der Waals surface area contributed by atoms with Crippen molar-refractivity contribution in [3.63, 3.8) is 0 Å². The average Bonchev–Trinajstić information content (AvgIpc) is 1.85. The number of amidine groups is 1. The highest BCUT2D eigenvalue weighted by molar-refractivity contribution is 5.91. The van der Waals surface area contributed by atoms with Crippen LogP contribution in [0.3, 0.4) is 0 Å². The topological polar surface area (TPSA) is 38.4 Å². The van der Waals surface area contributed by atoms with Crippen LogP contribution in [0.25, 0.3) is 0 Å². The molecule has 0 unspecified atom stereocenters. The molecule has 50 valence electrons. The zero-order chi connectivity index (χ0) is 7.11. The molecule has 2 heteroatoms. The van der Waals surface area contributed by atoms with Crippen LogP contribution in [0.15, 0.2) is 29.8 Å². The summed E-state index contributed by atoms with van der Waals surface area (Å²) in [7, 11) is 0. The minimum Gasteiger partial charge on any atom is -0.384 e. The molecule has 0 atom stereocenters. The summed E-state index contributed by atoms with van der Waals surface area (Å²) in [6, 6.07) is 0. The molecule has 0 bridgehead atoms. The third-order valence-electron chi connectivity index (χ3n) is 0.744. The molecule has 0 saturated heterocycles. The third kappa shape index (κ3) is 4.81. The molecule has 0 aliphatic carbocycles. The van der Waals surface area contributed by atoms with Crippen LogP contribution >= 0.6 is 0 Å². The largest absolute Gasteiger partial charge is 0.384 e. The second-order valence-corrected chi connectivity index (χ2v) is 1.49. The minimum atomic E-state index is 0.553. The lowest BCUT2D eigenvalue weighted by molar-refractivity contribution is 1.12. The van der Waals surface area contributed by atoms with Gasteiger partial charge in [0, 0.05) is 6.54 Å². The van der Waals surface area contributed by atoms with Gasteiger partial charge in [0.05, 0.1) is 0 Å². The molecule has 0 aliphatic heterocycles. The summed E-state index contributed by atoms with van der Waals surface area (Å²) in [5.74, 6) is 0.553. The summed E-state index contributed by atoms with van der Waals surface area (Å²) in [6.07, 6.45) is 5.14. The van der Waals surface area contributed by atoms with Crippen molar-refractivity contribution in [1.29, 1.82) is 0 Å². The number of hydrogen-bond acceptors (Lipinski definition) is 1. The van der Waals surface area contributed by atoms with Gasteiger partial charge in [-0.2, -0.15) is 0 Å².